The van der Waals surface area contributed by atoms with Gasteiger partial charge in [-0.2, -0.15) is 15.1 Å². The highest BCUT2D eigenvalue weighted by Gasteiger charge is 2.15. The molecule has 8 nitrogen and oxygen atoms in total. The molecule has 0 bridgehead atoms. The van der Waals surface area contributed by atoms with Crippen LogP contribution in [0, 0.1) is 3.57 Å². The molecule has 9 heteroatoms. The molecule has 0 atom stereocenters. The lowest BCUT2D eigenvalue weighted by molar-refractivity contribution is 0.122. The average Bonchev–Trinajstić information content (AvgIpc) is 2.80. The maximum absolute atomic E-state index is 5.85. The lowest BCUT2D eigenvalue weighted by Crippen LogP contribution is -2.36. The highest BCUT2D eigenvalue weighted by atomic mass is 127. The van der Waals surface area contributed by atoms with E-state index in [9.17, 15) is 0 Å². The molecule has 0 radical (unpaired) electrons. The molecule has 1 aliphatic rings. The van der Waals surface area contributed by atoms with Gasteiger partial charge in [0.1, 0.15) is 5.82 Å². The average molecular weight is 530 g/mol. The lowest BCUT2D eigenvalue weighted by Gasteiger charge is -2.28. The van der Waals surface area contributed by atoms with Crippen LogP contribution in [0.1, 0.15) is 11.3 Å². The van der Waals surface area contributed by atoms with Gasteiger partial charge in [-0.15, -0.1) is 0 Å². The number of pyridine rings is 1. The zero-order valence-electron chi connectivity index (χ0n) is 16.9. The van der Waals surface area contributed by atoms with Crippen LogP contribution >= 0.6 is 22.6 Å². The normalized spacial score (nSPS) is 14.0. The molecule has 3 heterocycles. The predicted octanol–water partition coefficient (Wildman–Crippen LogP) is 3.38. The molecule has 31 heavy (non-hydrogen) atoms. The van der Waals surface area contributed by atoms with Crippen molar-refractivity contribution in [2.75, 3.05) is 43.2 Å². The van der Waals surface area contributed by atoms with Crippen LogP contribution in [-0.4, -0.2) is 54.1 Å². The molecular weight excluding hydrogens is 507 g/mol. The van der Waals surface area contributed by atoms with Gasteiger partial charge in [0.05, 0.1) is 26.0 Å². The van der Waals surface area contributed by atoms with E-state index in [1.54, 1.807) is 12.4 Å². The number of halogens is 1. The molecule has 1 fully saturated rings. The van der Waals surface area contributed by atoms with E-state index in [4.69, 9.17) is 9.47 Å². The second-order valence-electron chi connectivity index (χ2n) is 6.84. The fourth-order valence-electron chi connectivity index (χ4n) is 3.04. The number of ether oxygens (including phenoxy) is 2. The standard InChI is InChI=1S/C22H23IN6O2/c23-18-5-3-4-17(14-18)16-25-28-20-15-21(29-9-12-30-13-10-29)27-22(26-20)31-11-7-19-6-1-2-8-24-19/h1-6,8,14-16H,7,9-13H2,(H,26,27,28). The molecule has 1 aromatic carbocycles. The van der Waals surface area contributed by atoms with Crippen molar-refractivity contribution in [2.24, 2.45) is 5.10 Å². The summed E-state index contributed by atoms with van der Waals surface area (Å²) in [5, 5.41) is 4.33. The number of hydrogen-bond donors (Lipinski definition) is 1. The van der Waals surface area contributed by atoms with Crippen molar-refractivity contribution in [2.45, 2.75) is 6.42 Å². The fraction of sp³-hybridized carbons (Fsp3) is 0.273. The Hall–Kier alpha value is -2.79. The SMILES string of the molecule is Ic1cccc(C=NNc2cc(N3CCOCC3)nc(OCCc3ccccn3)n2)c1. The third-order valence-electron chi connectivity index (χ3n) is 4.58. The number of hydrogen-bond acceptors (Lipinski definition) is 8. The first-order chi connectivity index (χ1) is 15.3. The van der Waals surface area contributed by atoms with E-state index in [0.717, 1.165) is 33.7 Å². The summed E-state index contributed by atoms with van der Waals surface area (Å²) >= 11 is 2.28. The summed E-state index contributed by atoms with van der Waals surface area (Å²) in [6.07, 6.45) is 4.22. The van der Waals surface area contributed by atoms with E-state index in [1.165, 1.54) is 0 Å². The van der Waals surface area contributed by atoms with E-state index in [1.807, 2.05) is 42.5 Å². The topological polar surface area (TPSA) is 84.8 Å². The van der Waals surface area contributed by atoms with Crippen LogP contribution in [0.2, 0.25) is 0 Å². The Kier molecular flexibility index (Phi) is 7.61. The van der Waals surface area contributed by atoms with Crippen molar-refractivity contribution in [3.63, 3.8) is 0 Å². The van der Waals surface area contributed by atoms with Gasteiger partial charge in [-0.3, -0.25) is 10.4 Å². The number of rotatable bonds is 8. The van der Waals surface area contributed by atoms with Crippen LogP contribution in [-0.2, 0) is 11.2 Å². The lowest BCUT2D eigenvalue weighted by atomic mass is 10.2. The van der Waals surface area contributed by atoms with Gasteiger partial charge in [0, 0.05) is 41.0 Å². The van der Waals surface area contributed by atoms with Gasteiger partial charge in [-0.25, -0.2) is 0 Å². The van der Waals surface area contributed by atoms with Gasteiger partial charge in [-0.05, 0) is 52.4 Å². The number of hydrazone groups is 1. The Morgan fingerprint density at radius 3 is 2.84 bits per heavy atom. The Morgan fingerprint density at radius 2 is 2.03 bits per heavy atom. The molecular formula is C22H23IN6O2. The molecule has 0 spiro atoms. The van der Waals surface area contributed by atoms with Crippen LogP contribution in [0.15, 0.2) is 59.8 Å². The van der Waals surface area contributed by atoms with Crippen LogP contribution < -0.4 is 15.1 Å². The van der Waals surface area contributed by atoms with Crippen molar-refractivity contribution in [1.29, 1.82) is 0 Å². The molecule has 160 valence electrons. The van der Waals surface area contributed by atoms with Crippen LogP contribution in [0.4, 0.5) is 11.6 Å². The molecule has 2 aromatic heterocycles. The quantitative estimate of drug-likeness (QED) is 0.272. The van der Waals surface area contributed by atoms with E-state index in [2.05, 4.69) is 59.0 Å². The van der Waals surface area contributed by atoms with E-state index < -0.39 is 0 Å². The van der Waals surface area contributed by atoms with Gasteiger partial charge < -0.3 is 14.4 Å². The number of nitrogens with one attached hydrogen (secondary N) is 1. The summed E-state index contributed by atoms with van der Waals surface area (Å²) < 4.78 is 12.5. The third kappa shape index (κ3) is 6.59. The van der Waals surface area contributed by atoms with Crippen molar-refractivity contribution in [3.05, 3.63) is 69.6 Å². The molecule has 4 rings (SSSR count). The molecule has 1 aliphatic heterocycles. The smallest absolute Gasteiger partial charge is 0.320 e. The fourth-order valence-corrected chi connectivity index (χ4v) is 3.61. The maximum atomic E-state index is 5.85. The summed E-state index contributed by atoms with van der Waals surface area (Å²) in [5.41, 5.74) is 4.98. The first-order valence-electron chi connectivity index (χ1n) is 10.1. The van der Waals surface area contributed by atoms with Gasteiger partial charge in [0.25, 0.3) is 0 Å². The summed E-state index contributed by atoms with van der Waals surface area (Å²) in [7, 11) is 0. The second-order valence-corrected chi connectivity index (χ2v) is 8.08. The number of nitrogens with zero attached hydrogens (tertiary/aromatic N) is 5. The number of benzene rings is 1. The third-order valence-corrected chi connectivity index (χ3v) is 5.26. The van der Waals surface area contributed by atoms with E-state index in [-0.39, 0.29) is 0 Å². The van der Waals surface area contributed by atoms with Crippen LogP contribution in [0.3, 0.4) is 0 Å². The summed E-state index contributed by atoms with van der Waals surface area (Å²) in [6, 6.07) is 16.1. The number of morpholine rings is 1. The minimum Gasteiger partial charge on any atom is -0.463 e. The first kappa shape index (κ1) is 21.4. The summed E-state index contributed by atoms with van der Waals surface area (Å²) in [5.74, 6) is 1.37. The van der Waals surface area contributed by atoms with Gasteiger partial charge in [-0.1, -0.05) is 18.2 Å². The monoisotopic (exact) mass is 530 g/mol. The molecule has 0 aliphatic carbocycles. The minimum atomic E-state index is 0.312. The van der Waals surface area contributed by atoms with Crippen LogP contribution in [0.5, 0.6) is 6.01 Å². The van der Waals surface area contributed by atoms with E-state index in [0.29, 0.717) is 38.1 Å². The van der Waals surface area contributed by atoms with Crippen LogP contribution in [0.25, 0.3) is 0 Å². The second kappa shape index (κ2) is 11.0. The molecule has 3 aromatic rings. The highest BCUT2D eigenvalue weighted by molar-refractivity contribution is 14.1. The highest BCUT2D eigenvalue weighted by Crippen LogP contribution is 2.21. The van der Waals surface area contributed by atoms with Crippen molar-refractivity contribution < 1.29 is 9.47 Å². The number of anilines is 2. The van der Waals surface area contributed by atoms with Gasteiger partial charge >= 0.3 is 6.01 Å². The van der Waals surface area contributed by atoms with Gasteiger partial charge in [0.15, 0.2) is 5.82 Å². The van der Waals surface area contributed by atoms with Crippen molar-refractivity contribution in [1.82, 2.24) is 15.0 Å². The minimum absolute atomic E-state index is 0.312. The first-order valence-corrected chi connectivity index (χ1v) is 11.1. The Labute approximate surface area is 194 Å². The van der Waals surface area contributed by atoms with E-state index >= 15 is 0 Å². The zero-order valence-corrected chi connectivity index (χ0v) is 19.1. The van der Waals surface area contributed by atoms with Crippen molar-refractivity contribution in [3.8, 4) is 6.01 Å². The largest absolute Gasteiger partial charge is 0.463 e. The van der Waals surface area contributed by atoms with Crippen molar-refractivity contribution >= 4 is 40.4 Å². The Balaban J connectivity index is 1.46. The molecule has 1 N–H and O–H groups in total. The Morgan fingerprint density at radius 1 is 1.13 bits per heavy atom. The zero-order chi connectivity index (χ0) is 21.3. The molecule has 0 amide bonds. The maximum Gasteiger partial charge on any atom is 0.320 e. The van der Waals surface area contributed by atoms with Gasteiger partial charge in [0.2, 0.25) is 0 Å². The predicted molar refractivity (Wildman–Crippen MR) is 129 cm³/mol. The molecule has 0 unspecified atom stereocenters. The molecule has 0 saturated carbocycles. The number of aromatic nitrogens is 3. The molecule has 1 saturated heterocycles. The summed E-state index contributed by atoms with van der Waals surface area (Å²) in [4.78, 5) is 15.5. The summed E-state index contributed by atoms with van der Waals surface area (Å²) in [6.45, 7) is 3.33. The Bertz CT molecular complexity index is 1010.